The zero-order valence-corrected chi connectivity index (χ0v) is 11.0. The summed E-state index contributed by atoms with van der Waals surface area (Å²) >= 11 is 0. The minimum Gasteiger partial charge on any atom is -0.493 e. The summed E-state index contributed by atoms with van der Waals surface area (Å²) in [6, 6.07) is 4.15. The zero-order valence-electron chi connectivity index (χ0n) is 11.0. The van der Waals surface area contributed by atoms with Gasteiger partial charge in [-0.3, -0.25) is 0 Å². The van der Waals surface area contributed by atoms with Gasteiger partial charge in [0.15, 0.2) is 0 Å². The lowest BCUT2D eigenvalue weighted by atomic mass is 10.1. The third kappa shape index (κ3) is 3.32. The number of aryl methyl sites for hydroxylation is 1. The van der Waals surface area contributed by atoms with E-state index in [4.69, 9.17) is 4.74 Å². The van der Waals surface area contributed by atoms with Crippen molar-refractivity contribution in [1.82, 2.24) is 9.55 Å². The minimum atomic E-state index is -0.765. The number of halogens is 1. The lowest BCUT2D eigenvalue weighted by Gasteiger charge is -2.13. The summed E-state index contributed by atoms with van der Waals surface area (Å²) in [5.41, 5.74) is 0.458. The lowest BCUT2D eigenvalue weighted by molar-refractivity contribution is 0.190. The van der Waals surface area contributed by atoms with Crippen LogP contribution >= 0.6 is 0 Å². The molecule has 0 fully saturated rings. The number of aromatic nitrogens is 2. The fraction of sp³-hybridized carbons (Fsp3) is 0.357. The first-order valence-electron chi connectivity index (χ1n) is 6.14. The molecule has 0 aliphatic rings. The van der Waals surface area contributed by atoms with Crippen LogP contribution in [0, 0.1) is 5.82 Å². The highest BCUT2D eigenvalue weighted by Crippen LogP contribution is 2.26. The van der Waals surface area contributed by atoms with Gasteiger partial charge in [0.2, 0.25) is 0 Å². The Balaban J connectivity index is 2.01. The van der Waals surface area contributed by atoms with Crippen LogP contribution in [-0.2, 0) is 13.5 Å². The molecular weight excluding hydrogens is 247 g/mol. The van der Waals surface area contributed by atoms with Crippen molar-refractivity contribution in [3.05, 3.63) is 47.8 Å². The number of hydrogen-bond acceptors (Lipinski definition) is 3. The summed E-state index contributed by atoms with van der Waals surface area (Å²) in [6.07, 6.45) is 3.49. The molecule has 0 spiro atoms. The predicted molar refractivity (Wildman–Crippen MR) is 69.4 cm³/mol. The SMILES string of the molecule is C[C@@H](O)c1cc(F)ccc1OCCc1nccn1C. The second kappa shape index (κ2) is 5.84. The number of imidazole rings is 1. The van der Waals surface area contributed by atoms with Crippen LogP contribution in [0.3, 0.4) is 0 Å². The molecule has 19 heavy (non-hydrogen) atoms. The Morgan fingerprint density at radius 2 is 2.26 bits per heavy atom. The molecule has 1 aromatic heterocycles. The highest BCUT2D eigenvalue weighted by atomic mass is 19.1. The summed E-state index contributed by atoms with van der Waals surface area (Å²) in [7, 11) is 1.92. The van der Waals surface area contributed by atoms with Crippen LogP contribution in [0.2, 0.25) is 0 Å². The molecule has 2 aromatic rings. The Hall–Kier alpha value is -1.88. The van der Waals surface area contributed by atoms with Crippen molar-refractivity contribution >= 4 is 0 Å². The number of nitrogens with zero attached hydrogens (tertiary/aromatic N) is 2. The van der Waals surface area contributed by atoms with Crippen LogP contribution < -0.4 is 4.74 Å². The smallest absolute Gasteiger partial charge is 0.125 e. The van der Waals surface area contributed by atoms with Crippen LogP contribution in [0.15, 0.2) is 30.6 Å². The lowest BCUT2D eigenvalue weighted by Crippen LogP contribution is -2.08. The van der Waals surface area contributed by atoms with E-state index < -0.39 is 6.10 Å². The highest BCUT2D eigenvalue weighted by molar-refractivity contribution is 5.35. The van der Waals surface area contributed by atoms with Crippen molar-refractivity contribution in [3.8, 4) is 5.75 Å². The van der Waals surface area contributed by atoms with Crippen molar-refractivity contribution < 1.29 is 14.2 Å². The first kappa shape index (κ1) is 13.5. The molecule has 102 valence electrons. The van der Waals surface area contributed by atoms with Crippen molar-refractivity contribution in [2.75, 3.05) is 6.61 Å². The van der Waals surface area contributed by atoms with Crippen molar-refractivity contribution in [2.24, 2.45) is 7.05 Å². The number of benzene rings is 1. The van der Waals surface area contributed by atoms with Crippen molar-refractivity contribution in [2.45, 2.75) is 19.4 Å². The molecule has 1 aromatic carbocycles. The van der Waals surface area contributed by atoms with E-state index in [9.17, 15) is 9.50 Å². The van der Waals surface area contributed by atoms with Gasteiger partial charge in [-0.1, -0.05) is 0 Å². The number of aliphatic hydroxyl groups is 1. The number of ether oxygens (including phenoxy) is 1. The highest BCUT2D eigenvalue weighted by Gasteiger charge is 2.11. The summed E-state index contributed by atoms with van der Waals surface area (Å²) in [5, 5.41) is 9.59. The van der Waals surface area contributed by atoms with Crippen LogP contribution in [0.4, 0.5) is 4.39 Å². The maximum absolute atomic E-state index is 13.1. The quantitative estimate of drug-likeness (QED) is 0.901. The molecule has 5 heteroatoms. The van der Waals surface area contributed by atoms with Crippen LogP contribution in [-0.4, -0.2) is 21.3 Å². The Kier molecular flexibility index (Phi) is 4.16. The third-order valence-corrected chi connectivity index (χ3v) is 2.93. The second-order valence-corrected chi connectivity index (χ2v) is 4.41. The van der Waals surface area contributed by atoms with E-state index in [1.807, 2.05) is 17.8 Å². The van der Waals surface area contributed by atoms with Gasteiger partial charge in [-0.2, -0.15) is 0 Å². The summed E-state index contributed by atoms with van der Waals surface area (Å²) in [4.78, 5) is 4.19. The maximum Gasteiger partial charge on any atom is 0.125 e. The summed E-state index contributed by atoms with van der Waals surface area (Å²) in [6.45, 7) is 2.01. The molecule has 0 aliphatic heterocycles. The maximum atomic E-state index is 13.1. The fourth-order valence-corrected chi connectivity index (χ4v) is 1.87. The topological polar surface area (TPSA) is 47.3 Å². The fourth-order valence-electron chi connectivity index (χ4n) is 1.87. The average Bonchev–Trinajstić information content (AvgIpc) is 2.77. The summed E-state index contributed by atoms with van der Waals surface area (Å²) in [5.74, 6) is 1.04. The van der Waals surface area contributed by atoms with E-state index in [-0.39, 0.29) is 5.82 Å². The van der Waals surface area contributed by atoms with Gasteiger partial charge in [0.05, 0.1) is 12.7 Å². The second-order valence-electron chi connectivity index (χ2n) is 4.41. The molecular formula is C14H17FN2O2. The Bertz CT molecular complexity index is 552. The van der Waals surface area contributed by atoms with Crippen molar-refractivity contribution in [1.29, 1.82) is 0 Å². The predicted octanol–water partition coefficient (Wildman–Crippen LogP) is 2.23. The first-order chi connectivity index (χ1) is 9.08. The molecule has 0 aliphatic carbocycles. The number of rotatable bonds is 5. The molecule has 0 saturated carbocycles. The molecule has 1 atom stereocenters. The Labute approximate surface area is 111 Å². The standard InChI is InChI=1S/C14H17FN2O2/c1-10(18)12-9-11(15)3-4-13(12)19-8-5-14-16-6-7-17(14)2/h3-4,6-7,9-10,18H,5,8H2,1-2H3/t10-/m1/s1. The number of hydrogen-bond donors (Lipinski definition) is 1. The number of aliphatic hydroxyl groups excluding tert-OH is 1. The average molecular weight is 264 g/mol. The van der Waals surface area contributed by atoms with Gasteiger partial charge in [-0.05, 0) is 25.1 Å². The van der Waals surface area contributed by atoms with Gasteiger partial charge in [0, 0.05) is 31.4 Å². The Morgan fingerprint density at radius 3 is 2.89 bits per heavy atom. The molecule has 1 heterocycles. The molecule has 0 unspecified atom stereocenters. The van der Waals surface area contributed by atoms with Crippen LogP contribution in [0.25, 0.3) is 0 Å². The molecule has 0 bridgehead atoms. The first-order valence-corrected chi connectivity index (χ1v) is 6.14. The van der Waals surface area contributed by atoms with Gasteiger partial charge in [0.1, 0.15) is 17.4 Å². The van der Waals surface area contributed by atoms with E-state index in [1.165, 1.54) is 18.2 Å². The van der Waals surface area contributed by atoms with E-state index in [2.05, 4.69) is 4.98 Å². The summed E-state index contributed by atoms with van der Waals surface area (Å²) < 4.78 is 20.6. The van der Waals surface area contributed by atoms with E-state index in [0.29, 0.717) is 24.3 Å². The third-order valence-electron chi connectivity index (χ3n) is 2.93. The van der Waals surface area contributed by atoms with Gasteiger partial charge in [-0.15, -0.1) is 0 Å². The Morgan fingerprint density at radius 1 is 1.47 bits per heavy atom. The van der Waals surface area contributed by atoms with Gasteiger partial charge < -0.3 is 14.4 Å². The van der Waals surface area contributed by atoms with Gasteiger partial charge >= 0.3 is 0 Å². The van der Waals surface area contributed by atoms with E-state index in [1.54, 1.807) is 13.1 Å². The van der Waals surface area contributed by atoms with Gasteiger partial charge in [0.25, 0.3) is 0 Å². The zero-order chi connectivity index (χ0) is 13.8. The molecule has 4 nitrogen and oxygen atoms in total. The molecule has 0 saturated heterocycles. The molecule has 1 N–H and O–H groups in total. The van der Waals surface area contributed by atoms with E-state index >= 15 is 0 Å². The normalized spacial score (nSPS) is 12.4. The molecule has 2 rings (SSSR count). The van der Waals surface area contributed by atoms with Gasteiger partial charge in [-0.25, -0.2) is 9.37 Å². The van der Waals surface area contributed by atoms with Crippen molar-refractivity contribution in [3.63, 3.8) is 0 Å². The minimum absolute atomic E-state index is 0.382. The molecule has 0 amide bonds. The van der Waals surface area contributed by atoms with Crippen LogP contribution in [0.1, 0.15) is 24.4 Å². The monoisotopic (exact) mass is 264 g/mol. The molecule has 0 radical (unpaired) electrons. The largest absolute Gasteiger partial charge is 0.493 e. The van der Waals surface area contributed by atoms with E-state index in [0.717, 1.165) is 5.82 Å². The van der Waals surface area contributed by atoms with Crippen LogP contribution in [0.5, 0.6) is 5.75 Å².